The lowest BCUT2D eigenvalue weighted by Gasteiger charge is -2.19. The molecule has 0 saturated carbocycles. The van der Waals surface area contributed by atoms with E-state index in [9.17, 15) is 4.79 Å². The molecule has 0 aliphatic carbocycles. The van der Waals surface area contributed by atoms with E-state index in [0.29, 0.717) is 17.1 Å². The minimum atomic E-state index is -0.141. The predicted octanol–water partition coefficient (Wildman–Crippen LogP) is 1.24. The van der Waals surface area contributed by atoms with E-state index in [0.717, 1.165) is 25.0 Å². The molecule has 2 bridgehead atoms. The number of allylic oxidation sites excluding steroid dienone is 1. The number of nitrogens with one attached hydrogen (secondary N) is 1. The average molecular weight is 301 g/mol. The Morgan fingerprint density at radius 1 is 1.41 bits per heavy atom. The van der Waals surface area contributed by atoms with E-state index in [1.807, 2.05) is 25.1 Å². The van der Waals surface area contributed by atoms with E-state index in [1.165, 1.54) is 6.20 Å². The van der Waals surface area contributed by atoms with E-state index in [2.05, 4.69) is 15.3 Å². The number of pyridine rings is 1. The van der Waals surface area contributed by atoms with Gasteiger partial charge in [-0.1, -0.05) is 19.4 Å². The summed E-state index contributed by atoms with van der Waals surface area (Å²) in [6, 6.07) is 5.51. The Labute approximate surface area is 130 Å². The number of aliphatic imine (C=N–C) groups is 1. The Kier molecular flexibility index (Phi) is 5.27. The lowest BCUT2D eigenvalue weighted by molar-refractivity contribution is -0.123. The molecule has 0 radical (unpaired) electrons. The van der Waals surface area contributed by atoms with Crippen molar-refractivity contribution in [2.24, 2.45) is 22.4 Å². The lowest BCUT2D eigenvalue weighted by atomic mass is 9.98. The third-order valence-electron chi connectivity index (χ3n) is 3.90. The Morgan fingerprint density at radius 3 is 2.86 bits per heavy atom. The largest absolute Gasteiger partial charge is 0.403 e. The van der Waals surface area contributed by atoms with Crippen molar-refractivity contribution in [3.63, 3.8) is 0 Å². The van der Waals surface area contributed by atoms with Crippen molar-refractivity contribution in [1.29, 1.82) is 0 Å². The van der Waals surface area contributed by atoms with Crippen LogP contribution >= 0.6 is 0 Å². The molecule has 6 nitrogen and oxygen atoms in total. The number of rotatable bonds is 0. The Hall–Kier alpha value is -2.21. The molecule has 1 aliphatic rings. The van der Waals surface area contributed by atoms with Gasteiger partial charge in [0.2, 0.25) is 5.91 Å². The summed E-state index contributed by atoms with van der Waals surface area (Å²) in [5, 5.41) is 2.85. The average Bonchev–Trinajstić information content (AvgIpc) is 2.53. The number of hydrogen-bond acceptors (Lipinski definition) is 5. The maximum atomic E-state index is 12.3. The van der Waals surface area contributed by atoms with Gasteiger partial charge in [-0.25, -0.2) is 4.98 Å². The molecule has 1 aromatic heterocycles. The number of nitrogens with zero attached hydrogens (tertiary/aromatic N) is 2. The lowest BCUT2D eigenvalue weighted by Crippen LogP contribution is -2.33. The highest BCUT2D eigenvalue weighted by molar-refractivity contribution is 6.12. The van der Waals surface area contributed by atoms with E-state index in [4.69, 9.17) is 11.5 Å². The zero-order chi connectivity index (χ0) is 16.1. The molecule has 2 heterocycles. The zero-order valence-electron chi connectivity index (χ0n) is 13.0. The third kappa shape index (κ3) is 3.51. The van der Waals surface area contributed by atoms with Gasteiger partial charge in [-0.05, 0) is 25.0 Å². The first kappa shape index (κ1) is 16.2. The van der Waals surface area contributed by atoms with Gasteiger partial charge in [0.25, 0.3) is 0 Å². The maximum Gasteiger partial charge on any atom is 0.227 e. The summed E-state index contributed by atoms with van der Waals surface area (Å²) < 4.78 is 0. The molecule has 0 spiro atoms. The second-order valence-corrected chi connectivity index (χ2v) is 5.53. The minimum absolute atomic E-state index is 0.0665. The van der Waals surface area contributed by atoms with E-state index in [1.54, 1.807) is 7.05 Å². The summed E-state index contributed by atoms with van der Waals surface area (Å²) in [7, 11) is 1.65. The van der Waals surface area contributed by atoms with Gasteiger partial charge in [-0.2, -0.15) is 0 Å². The van der Waals surface area contributed by atoms with Crippen LogP contribution in [0.5, 0.6) is 0 Å². The second-order valence-electron chi connectivity index (χ2n) is 5.53. The highest BCUT2D eigenvalue weighted by Crippen LogP contribution is 2.20. The van der Waals surface area contributed by atoms with Gasteiger partial charge in [-0.15, -0.1) is 0 Å². The summed E-state index contributed by atoms with van der Waals surface area (Å²) in [5.41, 5.74) is 14.4. The van der Waals surface area contributed by atoms with E-state index >= 15 is 0 Å². The molecule has 1 aliphatic heterocycles. The minimum Gasteiger partial charge on any atom is -0.403 e. The van der Waals surface area contributed by atoms with E-state index in [-0.39, 0.29) is 17.9 Å². The van der Waals surface area contributed by atoms with Crippen molar-refractivity contribution in [2.45, 2.75) is 32.2 Å². The fourth-order valence-corrected chi connectivity index (χ4v) is 2.52. The predicted molar refractivity (Wildman–Crippen MR) is 87.1 cm³/mol. The fraction of sp³-hybridized carbons (Fsp3) is 0.438. The number of hydrogen-bond donors (Lipinski definition) is 3. The first-order valence-corrected chi connectivity index (χ1v) is 7.49. The number of aromatic nitrogens is 1. The summed E-state index contributed by atoms with van der Waals surface area (Å²) in [5.74, 6) is -0.172. The molecule has 0 aromatic carbocycles. The topological polar surface area (TPSA) is 106 Å². The Balaban J connectivity index is 2.47. The van der Waals surface area contributed by atoms with Crippen LogP contribution in [-0.2, 0) is 4.79 Å². The van der Waals surface area contributed by atoms with Crippen LogP contribution in [0.2, 0.25) is 0 Å². The van der Waals surface area contributed by atoms with Crippen molar-refractivity contribution in [2.75, 3.05) is 7.05 Å². The summed E-state index contributed by atoms with van der Waals surface area (Å²) in [6.07, 6.45) is 3.80. The van der Waals surface area contributed by atoms with Crippen LogP contribution in [0.15, 0.2) is 35.1 Å². The molecule has 2 rings (SSSR count). The molecule has 2 unspecified atom stereocenters. The van der Waals surface area contributed by atoms with Crippen molar-refractivity contribution < 1.29 is 4.79 Å². The van der Waals surface area contributed by atoms with Crippen LogP contribution in [0.25, 0.3) is 0 Å². The Bertz CT molecular complexity index is 608. The van der Waals surface area contributed by atoms with Gasteiger partial charge in [-0.3, -0.25) is 9.79 Å². The molecule has 6 heteroatoms. The van der Waals surface area contributed by atoms with Gasteiger partial charge < -0.3 is 16.8 Å². The SMILES string of the molecule is CN=C1C(=CN)NC(=O)C(C)CCCC(N)c2cccc1n2. The summed E-state index contributed by atoms with van der Waals surface area (Å²) in [6.45, 7) is 1.90. The monoisotopic (exact) mass is 301 g/mol. The van der Waals surface area contributed by atoms with Crippen molar-refractivity contribution in [3.8, 4) is 0 Å². The normalized spacial score (nSPS) is 27.1. The van der Waals surface area contributed by atoms with Gasteiger partial charge in [0.1, 0.15) is 5.71 Å². The van der Waals surface area contributed by atoms with Gasteiger partial charge in [0, 0.05) is 25.2 Å². The number of nitrogens with two attached hydrogens (primary N) is 2. The van der Waals surface area contributed by atoms with Crippen LogP contribution in [-0.4, -0.2) is 23.7 Å². The number of fused-ring (bicyclic) bond motifs is 2. The number of carbonyl (C=O) groups excluding carboxylic acids is 1. The van der Waals surface area contributed by atoms with Crippen LogP contribution in [0.1, 0.15) is 43.6 Å². The number of carbonyl (C=O) groups is 1. The van der Waals surface area contributed by atoms with Gasteiger partial charge >= 0.3 is 0 Å². The summed E-state index contributed by atoms with van der Waals surface area (Å²) in [4.78, 5) is 21.1. The third-order valence-corrected chi connectivity index (χ3v) is 3.90. The molecule has 1 amide bonds. The molecule has 2 atom stereocenters. The second kappa shape index (κ2) is 7.17. The number of amides is 1. The van der Waals surface area contributed by atoms with Crippen molar-refractivity contribution >= 4 is 11.6 Å². The first-order valence-electron chi connectivity index (χ1n) is 7.49. The quantitative estimate of drug-likeness (QED) is 0.670. The molecule has 22 heavy (non-hydrogen) atoms. The van der Waals surface area contributed by atoms with Gasteiger partial charge in [0.05, 0.1) is 17.1 Å². The highest BCUT2D eigenvalue weighted by Gasteiger charge is 2.20. The molecule has 5 N–H and O–H groups in total. The fourth-order valence-electron chi connectivity index (χ4n) is 2.52. The van der Waals surface area contributed by atoms with Crippen LogP contribution in [0, 0.1) is 5.92 Å². The van der Waals surface area contributed by atoms with Crippen LogP contribution in [0.4, 0.5) is 0 Å². The van der Waals surface area contributed by atoms with Crippen LogP contribution in [0.3, 0.4) is 0 Å². The molecule has 0 saturated heterocycles. The van der Waals surface area contributed by atoms with Crippen molar-refractivity contribution in [1.82, 2.24) is 10.3 Å². The molecular weight excluding hydrogens is 278 g/mol. The first-order chi connectivity index (χ1) is 10.6. The standard InChI is InChI=1S/C16H23N5O/c1-10-5-3-6-11(18)12-7-4-8-13(20-12)15(19-2)14(9-17)21-16(10)22/h4,7-11H,3,5-6,17-18H2,1-2H3,(H,21,22). The molecule has 118 valence electrons. The van der Waals surface area contributed by atoms with Crippen molar-refractivity contribution in [3.05, 3.63) is 41.5 Å². The highest BCUT2D eigenvalue weighted by atomic mass is 16.1. The Morgan fingerprint density at radius 2 is 2.18 bits per heavy atom. The molecular formula is C16H23N5O. The maximum absolute atomic E-state index is 12.3. The smallest absolute Gasteiger partial charge is 0.227 e. The molecule has 0 fully saturated rings. The summed E-state index contributed by atoms with van der Waals surface area (Å²) >= 11 is 0. The van der Waals surface area contributed by atoms with Crippen LogP contribution < -0.4 is 16.8 Å². The van der Waals surface area contributed by atoms with E-state index < -0.39 is 0 Å². The zero-order valence-corrected chi connectivity index (χ0v) is 13.0. The molecule has 1 aromatic rings. The van der Waals surface area contributed by atoms with Gasteiger partial charge in [0.15, 0.2) is 0 Å².